The van der Waals surface area contributed by atoms with Gasteiger partial charge in [0.05, 0.1) is 18.1 Å². The van der Waals surface area contributed by atoms with Crippen LogP contribution in [0.15, 0.2) is 41.1 Å². The minimum atomic E-state index is -0.0574. The van der Waals surface area contributed by atoms with Gasteiger partial charge in [-0.2, -0.15) is 0 Å². The minimum Gasteiger partial charge on any atom is -0.338 e. The van der Waals surface area contributed by atoms with Crippen molar-refractivity contribution in [3.63, 3.8) is 0 Å². The minimum absolute atomic E-state index is 0.0574. The van der Waals surface area contributed by atoms with Gasteiger partial charge in [-0.15, -0.1) is 0 Å². The summed E-state index contributed by atoms with van der Waals surface area (Å²) in [7, 11) is 2.06. The molecule has 0 atom stereocenters. The van der Waals surface area contributed by atoms with Crippen molar-refractivity contribution < 1.29 is 4.79 Å². The fourth-order valence-corrected chi connectivity index (χ4v) is 2.76. The van der Waals surface area contributed by atoms with Gasteiger partial charge in [-0.05, 0) is 35.1 Å². The van der Waals surface area contributed by atoms with Crippen LogP contribution in [0, 0.1) is 0 Å². The predicted molar refractivity (Wildman–Crippen MR) is 92.9 cm³/mol. The normalized spacial score (nSPS) is 15.5. The van der Waals surface area contributed by atoms with E-state index in [0.29, 0.717) is 11.5 Å². The van der Waals surface area contributed by atoms with Crippen LogP contribution in [0.3, 0.4) is 0 Å². The summed E-state index contributed by atoms with van der Waals surface area (Å²) in [6.07, 6.45) is 3.11. The van der Waals surface area contributed by atoms with E-state index in [1.165, 1.54) is 6.20 Å². The smallest absolute Gasteiger partial charge is 0.274 e. The number of piperazine rings is 1. The van der Waals surface area contributed by atoms with E-state index in [1.807, 2.05) is 29.2 Å². The number of amides is 1. The van der Waals surface area contributed by atoms with Crippen molar-refractivity contribution in [2.45, 2.75) is 0 Å². The Morgan fingerprint density at radius 2 is 1.87 bits per heavy atom. The van der Waals surface area contributed by atoms with Gasteiger partial charge in [0.1, 0.15) is 11.5 Å². The van der Waals surface area contributed by atoms with E-state index in [1.54, 1.807) is 6.20 Å². The highest BCUT2D eigenvalue weighted by Gasteiger charge is 2.21. The molecule has 1 saturated heterocycles. The molecule has 1 aromatic heterocycles. The van der Waals surface area contributed by atoms with E-state index < -0.39 is 0 Å². The van der Waals surface area contributed by atoms with Crippen molar-refractivity contribution in [3.8, 4) is 0 Å². The molecule has 6 nitrogen and oxygen atoms in total. The molecule has 1 aliphatic rings. The Kier molecular flexibility index (Phi) is 4.88. The number of rotatable bonds is 3. The molecular weight excluding hydrogens is 358 g/mol. The first-order valence-corrected chi connectivity index (χ1v) is 8.24. The number of para-hydroxylation sites is 1. The highest BCUT2D eigenvalue weighted by molar-refractivity contribution is 9.10. The SMILES string of the molecule is CN1CCN(C(=O)c2cnc(Nc3ccccc3Br)cn2)CC1. The topological polar surface area (TPSA) is 61.4 Å². The Bertz CT molecular complexity index is 683. The molecule has 0 unspecified atom stereocenters. The molecule has 1 N–H and O–H groups in total. The molecule has 0 bridgehead atoms. The Balaban J connectivity index is 1.67. The Morgan fingerprint density at radius 3 is 2.52 bits per heavy atom. The second-order valence-corrected chi connectivity index (χ2v) is 6.34. The number of carbonyl (C=O) groups excluding carboxylic acids is 1. The first-order valence-electron chi connectivity index (χ1n) is 7.45. The quantitative estimate of drug-likeness (QED) is 0.891. The molecule has 1 aromatic carbocycles. The summed E-state index contributed by atoms with van der Waals surface area (Å²) in [5.41, 5.74) is 1.28. The average molecular weight is 376 g/mol. The van der Waals surface area contributed by atoms with Gasteiger partial charge in [0.25, 0.3) is 5.91 Å². The lowest BCUT2D eigenvalue weighted by Gasteiger charge is -2.32. The average Bonchev–Trinajstić information content (AvgIpc) is 2.58. The molecule has 0 aliphatic carbocycles. The van der Waals surface area contributed by atoms with Gasteiger partial charge in [0.15, 0.2) is 0 Å². The molecule has 120 valence electrons. The third kappa shape index (κ3) is 3.86. The number of hydrogen-bond donors (Lipinski definition) is 1. The van der Waals surface area contributed by atoms with Crippen molar-refractivity contribution in [2.75, 3.05) is 38.5 Å². The second-order valence-electron chi connectivity index (χ2n) is 5.49. The van der Waals surface area contributed by atoms with Crippen LogP contribution in [-0.4, -0.2) is 58.9 Å². The van der Waals surface area contributed by atoms with E-state index in [-0.39, 0.29) is 5.91 Å². The summed E-state index contributed by atoms with van der Waals surface area (Å²) in [5.74, 6) is 0.546. The highest BCUT2D eigenvalue weighted by atomic mass is 79.9. The molecule has 23 heavy (non-hydrogen) atoms. The van der Waals surface area contributed by atoms with E-state index in [2.05, 4.69) is 43.2 Å². The van der Waals surface area contributed by atoms with E-state index in [0.717, 1.165) is 36.3 Å². The van der Waals surface area contributed by atoms with Crippen molar-refractivity contribution in [1.29, 1.82) is 0 Å². The highest BCUT2D eigenvalue weighted by Crippen LogP contribution is 2.24. The fourth-order valence-electron chi connectivity index (χ4n) is 2.38. The number of anilines is 2. The zero-order chi connectivity index (χ0) is 16.2. The van der Waals surface area contributed by atoms with Gasteiger partial charge in [0, 0.05) is 30.7 Å². The van der Waals surface area contributed by atoms with Crippen LogP contribution < -0.4 is 5.32 Å². The van der Waals surface area contributed by atoms with Gasteiger partial charge >= 0.3 is 0 Å². The zero-order valence-corrected chi connectivity index (χ0v) is 14.5. The van der Waals surface area contributed by atoms with Gasteiger partial charge < -0.3 is 15.1 Å². The van der Waals surface area contributed by atoms with Gasteiger partial charge in [-0.3, -0.25) is 4.79 Å². The molecule has 1 fully saturated rings. The lowest BCUT2D eigenvalue weighted by molar-refractivity contribution is 0.0658. The lowest BCUT2D eigenvalue weighted by Crippen LogP contribution is -2.47. The van der Waals surface area contributed by atoms with Crippen LogP contribution in [0.4, 0.5) is 11.5 Å². The molecule has 2 heterocycles. The maximum Gasteiger partial charge on any atom is 0.274 e. The second kappa shape index (κ2) is 7.06. The van der Waals surface area contributed by atoms with E-state index >= 15 is 0 Å². The predicted octanol–water partition coefficient (Wildman–Crippen LogP) is 2.37. The third-order valence-corrected chi connectivity index (χ3v) is 4.49. The first-order chi connectivity index (χ1) is 11.1. The number of aromatic nitrogens is 2. The van der Waals surface area contributed by atoms with Crippen LogP contribution >= 0.6 is 15.9 Å². The summed E-state index contributed by atoms with van der Waals surface area (Å²) in [5, 5.41) is 3.17. The lowest BCUT2D eigenvalue weighted by atomic mass is 10.3. The van der Waals surface area contributed by atoms with Crippen LogP contribution in [0.1, 0.15) is 10.5 Å². The van der Waals surface area contributed by atoms with Crippen LogP contribution in [0.25, 0.3) is 0 Å². The Morgan fingerprint density at radius 1 is 1.13 bits per heavy atom. The number of halogens is 1. The van der Waals surface area contributed by atoms with Crippen molar-refractivity contribution >= 4 is 33.3 Å². The zero-order valence-electron chi connectivity index (χ0n) is 12.9. The summed E-state index contributed by atoms with van der Waals surface area (Å²) < 4.78 is 0.944. The van der Waals surface area contributed by atoms with E-state index in [9.17, 15) is 4.79 Å². The van der Waals surface area contributed by atoms with Crippen LogP contribution in [0.5, 0.6) is 0 Å². The number of benzene rings is 1. The van der Waals surface area contributed by atoms with E-state index in [4.69, 9.17) is 0 Å². The third-order valence-electron chi connectivity index (χ3n) is 3.80. The number of hydrogen-bond acceptors (Lipinski definition) is 5. The molecule has 0 radical (unpaired) electrons. The molecule has 7 heteroatoms. The standard InChI is InChI=1S/C16H18BrN5O/c1-21-6-8-22(9-7-21)16(23)14-10-19-15(11-18-14)20-13-5-3-2-4-12(13)17/h2-5,10-11H,6-9H2,1H3,(H,19,20). The van der Waals surface area contributed by atoms with Gasteiger partial charge in [0.2, 0.25) is 0 Å². The monoisotopic (exact) mass is 375 g/mol. The molecular formula is C16H18BrN5O. The maximum absolute atomic E-state index is 12.4. The Hall–Kier alpha value is -1.99. The number of carbonyl (C=O) groups is 1. The van der Waals surface area contributed by atoms with Gasteiger partial charge in [-0.25, -0.2) is 9.97 Å². The maximum atomic E-state index is 12.4. The fraction of sp³-hybridized carbons (Fsp3) is 0.312. The van der Waals surface area contributed by atoms with Crippen LogP contribution in [-0.2, 0) is 0 Å². The number of likely N-dealkylation sites (N-methyl/N-ethyl adjacent to an activating group) is 1. The largest absolute Gasteiger partial charge is 0.338 e. The summed E-state index contributed by atoms with van der Waals surface area (Å²) in [6.45, 7) is 3.24. The van der Waals surface area contributed by atoms with Crippen molar-refractivity contribution in [3.05, 3.63) is 46.8 Å². The first kappa shape index (κ1) is 15.9. The van der Waals surface area contributed by atoms with Crippen molar-refractivity contribution in [1.82, 2.24) is 19.8 Å². The van der Waals surface area contributed by atoms with Gasteiger partial charge in [-0.1, -0.05) is 12.1 Å². The number of nitrogens with zero attached hydrogens (tertiary/aromatic N) is 4. The molecule has 1 amide bonds. The summed E-state index contributed by atoms with van der Waals surface area (Å²) >= 11 is 3.47. The molecule has 3 rings (SSSR count). The number of nitrogens with one attached hydrogen (secondary N) is 1. The molecule has 2 aromatic rings. The summed E-state index contributed by atoms with van der Waals surface area (Å²) in [4.78, 5) is 25.0. The molecule has 0 saturated carbocycles. The molecule has 0 spiro atoms. The Labute approximate surface area is 143 Å². The molecule has 1 aliphatic heterocycles. The van der Waals surface area contributed by atoms with Crippen molar-refractivity contribution in [2.24, 2.45) is 0 Å². The van der Waals surface area contributed by atoms with Crippen LogP contribution in [0.2, 0.25) is 0 Å². The summed E-state index contributed by atoms with van der Waals surface area (Å²) in [6, 6.07) is 7.76.